The Bertz CT molecular complexity index is 1240. The Morgan fingerprint density at radius 2 is 1.87 bits per heavy atom. The van der Waals surface area contributed by atoms with Crippen molar-refractivity contribution >= 4 is 54.0 Å². The number of nitrogens with one attached hydrogen (secondary N) is 2. The molecule has 0 spiro atoms. The number of hydrogen-bond acceptors (Lipinski definition) is 8. The zero-order chi connectivity index (χ0) is 21.9. The Morgan fingerprint density at radius 1 is 1.17 bits per heavy atom. The van der Waals surface area contributed by atoms with Gasteiger partial charge in [0, 0.05) is 36.9 Å². The van der Waals surface area contributed by atoms with Crippen molar-refractivity contribution in [2.75, 3.05) is 18.1 Å². The summed E-state index contributed by atoms with van der Waals surface area (Å²) in [5.41, 5.74) is 0.688. The van der Waals surface area contributed by atoms with Crippen molar-refractivity contribution in [2.45, 2.75) is 11.3 Å². The molecule has 0 aliphatic heterocycles. The maximum absolute atomic E-state index is 12.1. The van der Waals surface area contributed by atoms with Crippen LogP contribution in [0.25, 0.3) is 10.2 Å². The Kier molecular flexibility index (Phi) is 6.08. The standard InChI is InChI=1S/C18H16N4O6S2/c1-30(27,28)13-6-7-14-15(10-13)29-18(20-14)21-16(23)8-9-19-17(24)11-2-4-12(5-3-11)22(25)26/h2-7,10H,8-9H2,1H3,(H,19,24)(H,20,21,23). The van der Waals surface area contributed by atoms with Gasteiger partial charge in [-0.25, -0.2) is 13.4 Å². The van der Waals surface area contributed by atoms with E-state index in [1.165, 1.54) is 36.4 Å². The maximum atomic E-state index is 12.1. The SMILES string of the molecule is CS(=O)(=O)c1ccc2nc(NC(=O)CCNC(=O)c3ccc([N+](=O)[O-])cc3)sc2c1. The summed E-state index contributed by atoms with van der Waals surface area (Å²) in [6.45, 7) is 0.0603. The van der Waals surface area contributed by atoms with Gasteiger partial charge in [-0.2, -0.15) is 0 Å². The highest BCUT2D eigenvalue weighted by Gasteiger charge is 2.13. The van der Waals surface area contributed by atoms with Crippen LogP contribution in [0.3, 0.4) is 0 Å². The molecule has 3 aromatic rings. The number of thiazole rings is 1. The third-order valence-corrected chi connectivity index (χ3v) is 6.06. The first kappa shape index (κ1) is 21.3. The molecular weight excluding hydrogens is 432 g/mol. The summed E-state index contributed by atoms with van der Waals surface area (Å²) in [5, 5.41) is 16.1. The number of benzene rings is 2. The van der Waals surface area contributed by atoms with Crippen LogP contribution in [0, 0.1) is 10.1 Å². The van der Waals surface area contributed by atoms with Crippen molar-refractivity contribution < 1.29 is 22.9 Å². The highest BCUT2D eigenvalue weighted by Crippen LogP contribution is 2.28. The molecule has 156 valence electrons. The molecule has 2 aromatic carbocycles. The number of aromatic nitrogens is 1. The van der Waals surface area contributed by atoms with Gasteiger partial charge in [0.05, 0.1) is 20.0 Å². The second kappa shape index (κ2) is 8.55. The van der Waals surface area contributed by atoms with Crippen molar-refractivity contribution in [3.05, 3.63) is 58.1 Å². The summed E-state index contributed by atoms with van der Waals surface area (Å²) in [7, 11) is -3.34. The van der Waals surface area contributed by atoms with Gasteiger partial charge >= 0.3 is 0 Å². The summed E-state index contributed by atoms with van der Waals surface area (Å²) < 4.78 is 23.9. The molecule has 30 heavy (non-hydrogen) atoms. The smallest absolute Gasteiger partial charge is 0.269 e. The van der Waals surface area contributed by atoms with Crippen LogP contribution in [0.4, 0.5) is 10.8 Å². The summed E-state index contributed by atoms with van der Waals surface area (Å²) in [5.74, 6) is -0.826. The van der Waals surface area contributed by atoms with Crippen molar-refractivity contribution in [1.82, 2.24) is 10.3 Å². The highest BCUT2D eigenvalue weighted by atomic mass is 32.2. The van der Waals surface area contributed by atoms with Crippen LogP contribution in [0.1, 0.15) is 16.8 Å². The number of amides is 2. The van der Waals surface area contributed by atoms with Crippen LogP contribution in [0.5, 0.6) is 0 Å². The van der Waals surface area contributed by atoms with E-state index in [0.717, 1.165) is 17.6 Å². The molecule has 0 saturated carbocycles. The van der Waals surface area contributed by atoms with Gasteiger partial charge in [0.1, 0.15) is 0 Å². The van der Waals surface area contributed by atoms with Gasteiger partial charge in [0.2, 0.25) is 5.91 Å². The molecular formula is C18H16N4O6S2. The first-order valence-electron chi connectivity index (χ1n) is 8.56. The number of anilines is 1. The molecule has 12 heteroatoms. The summed E-state index contributed by atoms with van der Waals surface area (Å²) in [6.07, 6.45) is 1.10. The van der Waals surface area contributed by atoms with Crippen LogP contribution < -0.4 is 10.6 Å². The fourth-order valence-electron chi connectivity index (χ4n) is 2.50. The lowest BCUT2D eigenvalue weighted by atomic mass is 10.2. The first-order valence-corrected chi connectivity index (χ1v) is 11.3. The molecule has 0 aliphatic rings. The predicted octanol–water partition coefficient (Wildman–Crippen LogP) is 2.37. The van der Waals surface area contributed by atoms with E-state index in [0.29, 0.717) is 15.3 Å². The van der Waals surface area contributed by atoms with Gasteiger partial charge in [-0.15, -0.1) is 0 Å². The minimum atomic E-state index is -3.34. The lowest BCUT2D eigenvalue weighted by Crippen LogP contribution is -2.27. The average Bonchev–Trinajstić information content (AvgIpc) is 3.08. The van der Waals surface area contributed by atoms with Crippen LogP contribution in [-0.4, -0.2) is 42.9 Å². The Balaban J connectivity index is 1.54. The van der Waals surface area contributed by atoms with Crippen LogP contribution in [0.2, 0.25) is 0 Å². The molecule has 0 bridgehead atoms. The topological polar surface area (TPSA) is 148 Å². The second-order valence-corrected chi connectivity index (χ2v) is 9.33. The van der Waals surface area contributed by atoms with E-state index in [9.17, 15) is 28.1 Å². The van der Waals surface area contributed by atoms with Gasteiger partial charge in [-0.3, -0.25) is 19.7 Å². The zero-order valence-corrected chi connectivity index (χ0v) is 17.2. The molecule has 1 aromatic heterocycles. The molecule has 0 aliphatic carbocycles. The number of nitro groups is 1. The number of non-ortho nitro benzene ring substituents is 1. The largest absolute Gasteiger partial charge is 0.352 e. The van der Waals surface area contributed by atoms with Crippen molar-refractivity contribution in [3.8, 4) is 0 Å². The molecule has 0 radical (unpaired) electrons. The van der Waals surface area contributed by atoms with Gasteiger partial charge < -0.3 is 10.6 Å². The lowest BCUT2D eigenvalue weighted by molar-refractivity contribution is -0.384. The normalized spacial score (nSPS) is 11.2. The number of sulfone groups is 1. The minimum absolute atomic E-state index is 0.0107. The third kappa shape index (κ3) is 5.15. The molecule has 10 nitrogen and oxygen atoms in total. The molecule has 1 heterocycles. The van der Waals surface area contributed by atoms with E-state index in [-0.39, 0.29) is 35.0 Å². The monoisotopic (exact) mass is 448 g/mol. The Hall–Kier alpha value is -3.38. The number of carbonyl (C=O) groups excluding carboxylic acids is 2. The van der Waals surface area contributed by atoms with Crippen molar-refractivity contribution in [1.29, 1.82) is 0 Å². The fourth-order valence-corrected chi connectivity index (χ4v) is 4.14. The van der Waals surface area contributed by atoms with Crippen LogP contribution in [0.15, 0.2) is 47.4 Å². The van der Waals surface area contributed by atoms with E-state index >= 15 is 0 Å². The van der Waals surface area contributed by atoms with E-state index in [1.54, 1.807) is 6.07 Å². The molecule has 0 fully saturated rings. The van der Waals surface area contributed by atoms with Gasteiger partial charge in [-0.1, -0.05) is 11.3 Å². The maximum Gasteiger partial charge on any atom is 0.269 e. The van der Waals surface area contributed by atoms with E-state index in [4.69, 9.17) is 0 Å². The number of rotatable bonds is 7. The van der Waals surface area contributed by atoms with Crippen molar-refractivity contribution in [2.24, 2.45) is 0 Å². The molecule has 3 rings (SSSR count). The number of nitro benzene ring substituents is 1. The molecule has 0 atom stereocenters. The van der Waals surface area contributed by atoms with Crippen LogP contribution in [-0.2, 0) is 14.6 Å². The summed E-state index contributed by atoms with van der Waals surface area (Å²) in [4.78, 5) is 38.6. The lowest BCUT2D eigenvalue weighted by Gasteiger charge is -2.05. The summed E-state index contributed by atoms with van der Waals surface area (Å²) >= 11 is 1.15. The van der Waals surface area contributed by atoms with Gasteiger partial charge in [0.15, 0.2) is 15.0 Å². The average molecular weight is 448 g/mol. The molecule has 2 N–H and O–H groups in total. The van der Waals surface area contributed by atoms with Gasteiger partial charge in [-0.05, 0) is 30.3 Å². The Labute approximate surface area is 175 Å². The van der Waals surface area contributed by atoms with E-state index in [1.807, 2.05) is 0 Å². The molecule has 2 amide bonds. The molecule has 0 saturated heterocycles. The van der Waals surface area contributed by atoms with E-state index < -0.39 is 20.7 Å². The minimum Gasteiger partial charge on any atom is -0.352 e. The third-order valence-electron chi connectivity index (χ3n) is 4.01. The molecule has 0 unspecified atom stereocenters. The number of nitrogens with zero attached hydrogens (tertiary/aromatic N) is 2. The quantitative estimate of drug-likeness (QED) is 0.416. The fraction of sp³-hybridized carbons (Fsp3) is 0.167. The second-order valence-electron chi connectivity index (χ2n) is 6.28. The number of carbonyl (C=O) groups is 2. The van der Waals surface area contributed by atoms with E-state index in [2.05, 4.69) is 15.6 Å². The van der Waals surface area contributed by atoms with Crippen molar-refractivity contribution in [3.63, 3.8) is 0 Å². The van der Waals surface area contributed by atoms with Crippen LogP contribution >= 0.6 is 11.3 Å². The number of fused-ring (bicyclic) bond motifs is 1. The zero-order valence-electron chi connectivity index (χ0n) is 15.6. The number of hydrogen-bond donors (Lipinski definition) is 2. The van der Waals surface area contributed by atoms with Gasteiger partial charge in [0.25, 0.3) is 11.6 Å². The predicted molar refractivity (Wildman–Crippen MR) is 111 cm³/mol. The Morgan fingerprint density at radius 3 is 2.50 bits per heavy atom. The summed E-state index contributed by atoms with van der Waals surface area (Å²) in [6, 6.07) is 9.65. The first-order chi connectivity index (χ1) is 14.1. The highest BCUT2D eigenvalue weighted by molar-refractivity contribution is 7.90.